The molecule has 4 aromatic rings. The van der Waals surface area contributed by atoms with E-state index in [1.165, 1.54) is 35.0 Å². The van der Waals surface area contributed by atoms with Crippen LogP contribution in [0.3, 0.4) is 0 Å². The molecule has 214 valence electrons. The third-order valence-corrected chi connectivity index (χ3v) is 9.05. The number of aryl methyl sites for hydroxylation is 1. The molecule has 1 atom stereocenters. The van der Waals surface area contributed by atoms with Gasteiger partial charge in [-0.2, -0.15) is 9.37 Å². The highest BCUT2D eigenvalue weighted by molar-refractivity contribution is 7.91. The average Bonchev–Trinajstić information content (AvgIpc) is 3.44. The Labute approximate surface area is 237 Å². The summed E-state index contributed by atoms with van der Waals surface area (Å²) in [6, 6.07) is 12.1. The van der Waals surface area contributed by atoms with Crippen molar-refractivity contribution in [3.8, 4) is 28.5 Å². The van der Waals surface area contributed by atoms with Gasteiger partial charge < -0.3 is 14.6 Å². The summed E-state index contributed by atoms with van der Waals surface area (Å²) in [5.74, 6) is 0.0201. The molecule has 1 aliphatic rings. The quantitative estimate of drug-likeness (QED) is 0.263. The number of rotatable bonds is 9. The molecule has 1 aliphatic heterocycles. The molecular weight excluding hydrogens is 549 g/mol. The molecule has 0 saturated carbocycles. The van der Waals surface area contributed by atoms with Gasteiger partial charge >= 0.3 is 0 Å². The minimum Gasteiger partial charge on any atom is -0.493 e. The molecule has 0 spiro atoms. The number of para-hydroxylation sites is 1. The maximum absolute atomic E-state index is 14.0. The number of hydrogen-bond acceptors (Lipinski definition) is 8. The molecule has 0 aliphatic carbocycles. The lowest BCUT2D eigenvalue weighted by atomic mass is 10.0. The third-order valence-electron chi connectivity index (χ3n) is 7.26. The monoisotopic (exact) mass is 579 g/mol. The number of nitrogens with zero attached hydrogens (tertiary/aromatic N) is 3. The minimum atomic E-state index is -4.50. The molecule has 0 bridgehead atoms. The molecule has 1 N–H and O–H groups in total. The first-order valence-electron chi connectivity index (χ1n) is 13.4. The van der Waals surface area contributed by atoms with E-state index in [4.69, 9.17) is 9.47 Å². The number of unbranched alkanes of at least 4 members (excludes halogenated alkanes) is 1. The van der Waals surface area contributed by atoms with Crippen LogP contribution in [0.2, 0.25) is 0 Å². The first-order chi connectivity index (χ1) is 19.7. The van der Waals surface area contributed by atoms with E-state index in [1.54, 1.807) is 25.1 Å². The molecule has 1 unspecified atom stereocenters. The van der Waals surface area contributed by atoms with Crippen LogP contribution in [0.5, 0.6) is 17.4 Å². The van der Waals surface area contributed by atoms with Gasteiger partial charge in [-0.15, -0.1) is 0 Å². The minimum absolute atomic E-state index is 0.0428. The van der Waals surface area contributed by atoms with Crippen LogP contribution >= 0.6 is 0 Å². The zero-order valence-electron chi connectivity index (χ0n) is 22.9. The smallest absolute Gasteiger partial charge is 0.296 e. The van der Waals surface area contributed by atoms with E-state index in [-0.39, 0.29) is 17.5 Å². The molecule has 0 amide bonds. The normalized spacial score (nSPS) is 13.4. The molecule has 5 rings (SSSR count). The summed E-state index contributed by atoms with van der Waals surface area (Å²) >= 11 is 0. The fraction of sp³-hybridized carbons (Fsp3) is 0.300. The number of pyridine rings is 1. The molecular formula is C30H30FN3O6S. The van der Waals surface area contributed by atoms with Gasteiger partial charge in [-0.25, -0.2) is 13.4 Å². The Morgan fingerprint density at radius 1 is 1.10 bits per heavy atom. The Morgan fingerprint density at radius 3 is 2.56 bits per heavy atom. The van der Waals surface area contributed by atoms with Gasteiger partial charge in [0.1, 0.15) is 5.82 Å². The predicted octanol–water partition coefficient (Wildman–Crippen LogP) is 5.36. The molecule has 0 radical (unpaired) electrons. The van der Waals surface area contributed by atoms with Crippen molar-refractivity contribution in [1.82, 2.24) is 14.5 Å². The summed E-state index contributed by atoms with van der Waals surface area (Å²) in [4.78, 5) is 20.0. The lowest BCUT2D eigenvalue weighted by molar-refractivity contribution is 0.172. The summed E-state index contributed by atoms with van der Waals surface area (Å²) in [5, 5.41) is 11.6. The maximum Gasteiger partial charge on any atom is 0.296 e. The zero-order valence-corrected chi connectivity index (χ0v) is 23.7. The van der Waals surface area contributed by atoms with E-state index >= 15 is 0 Å². The van der Waals surface area contributed by atoms with Crippen molar-refractivity contribution in [3.05, 3.63) is 88.0 Å². The van der Waals surface area contributed by atoms with Crippen LogP contribution in [0.25, 0.3) is 11.1 Å². The van der Waals surface area contributed by atoms with Gasteiger partial charge in [0.05, 0.1) is 10.9 Å². The lowest BCUT2D eigenvalue weighted by Crippen LogP contribution is -2.27. The molecule has 41 heavy (non-hydrogen) atoms. The van der Waals surface area contributed by atoms with E-state index in [0.717, 1.165) is 6.42 Å². The molecule has 9 nitrogen and oxygen atoms in total. The van der Waals surface area contributed by atoms with E-state index in [9.17, 15) is 22.7 Å². The van der Waals surface area contributed by atoms with E-state index < -0.39 is 38.2 Å². The number of aromatic hydroxyl groups is 1. The van der Waals surface area contributed by atoms with Gasteiger partial charge in [0.2, 0.25) is 28.5 Å². The van der Waals surface area contributed by atoms with Gasteiger partial charge in [-0.1, -0.05) is 44.5 Å². The van der Waals surface area contributed by atoms with E-state index in [2.05, 4.69) is 9.97 Å². The standard InChI is InChI=1S/C30H30FN3O6S/c1-4-6-10-25-33-29(35)27(30(36)34(25)23(5-2)22-8-7-9-24-26(22)40-17-39-24)41(37,38)20-13-11-19(12-14-20)21-15-16-32-28(31)18(21)3/h7-9,11-16,23,36H,4-6,10,17H2,1-3H3. The van der Waals surface area contributed by atoms with Gasteiger partial charge in [0, 0.05) is 23.7 Å². The molecule has 11 heteroatoms. The Morgan fingerprint density at radius 2 is 1.85 bits per heavy atom. The number of sulfone groups is 1. The number of ether oxygens (including phenoxy) is 2. The average molecular weight is 580 g/mol. The highest BCUT2D eigenvalue weighted by Crippen LogP contribution is 2.43. The van der Waals surface area contributed by atoms with E-state index in [1.807, 2.05) is 19.9 Å². The van der Waals surface area contributed by atoms with Crippen LogP contribution in [0.4, 0.5) is 4.39 Å². The topological polar surface area (TPSA) is 121 Å². The van der Waals surface area contributed by atoms with Crippen molar-refractivity contribution in [3.63, 3.8) is 0 Å². The largest absolute Gasteiger partial charge is 0.493 e. The summed E-state index contributed by atoms with van der Waals surface area (Å²) in [6.07, 6.45) is 3.61. The highest BCUT2D eigenvalue weighted by atomic mass is 32.2. The number of aromatic nitrogens is 3. The molecule has 3 heterocycles. The van der Waals surface area contributed by atoms with Crippen LogP contribution in [-0.2, 0) is 16.3 Å². The first kappa shape index (κ1) is 28.3. The van der Waals surface area contributed by atoms with Crippen LogP contribution < -0.4 is 15.0 Å². The van der Waals surface area contributed by atoms with E-state index in [0.29, 0.717) is 53.0 Å². The number of hydrogen-bond donors (Lipinski definition) is 1. The molecule has 0 saturated heterocycles. The molecule has 0 fully saturated rings. The van der Waals surface area contributed by atoms with Gasteiger partial charge in [-0.05, 0) is 55.2 Å². The Bertz CT molecular complexity index is 1770. The van der Waals surface area contributed by atoms with Crippen LogP contribution in [0.1, 0.15) is 56.1 Å². The summed E-state index contributed by atoms with van der Waals surface area (Å²) < 4.78 is 54.3. The lowest BCUT2D eigenvalue weighted by Gasteiger charge is -2.26. The SMILES string of the molecule is CCCCc1nc(=O)c(S(=O)(=O)c2ccc(-c3ccnc(F)c3C)cc2)c(O)n1C(CC)c1cccc2c1OCO2. The van der Waals surface area contributed by atoms with Gasteiger partial charge in [0.25, 0.3) is 5.56 Å². The number of halogens is 1. The van der Waals surface area contributed by atoms with Crippen LogP contribution in [0.15, 0.2) is 69.3 Å². The van der Waals surface area contributed by atoms with Crippen LogP contribution in [-0.4, -0.2) is 34.9 Å². The fourth-order valence-corrected chi connectivity index (χ4v) is 6.48. The molecule has 2 aromatic carbocycles. The van der Waals surface area contributed by atoms with Crippen molar-refractivity contribution in [2.24, 2.45) is 0 Å². The third kappa shape index (κ3) is 5.06. The Balaban J connectivity index is 1.65. The highest BCUT2D eigenvalue weighted by Gasteiger charge is 2.33. The van der Waals surface area contributed by atoms with Crippen molar-refractivity contribution < 1.29 is 27.4 Å². The fourth-order valence-electron chi connectivity index (χ4n) is 5.13. The molecule has 2 aromatic heterocycles. The van der Waals surface area contributed by atoms with Crippen LogP contribution in [0, 0.1) is 12.9 Å². The van der Waals surface area contributed by atoms with Crippen molar-refractivity contribution in [1.29, 1.82) is 0 Å². The number of benzene rings is 2. The first-order valence-corrected chi connectivity index (χ1v) is 14.9. The second-order valence-corrected chi connectivity index (χ2v) is 11.7. The second-order valence-electron chi connectivity index (χ2n) is 9.77. The Kier molecular flexibility index (Phi) is 7.81. The maximum atomic E-state index is 14.0. The van der Waals surface area contributed by atoms with Crippen molar-refractivity contribution in [2.45, 2.75) is 62.3 Å². The van der Waals surface area contributed by atoms with Gasteiger partial charge in [0.15, 0.2) is 16.4 Å². The predicted molar refractivity (Wildman–Crippen MR) is 150 cm³/mol. The van der Waals surface area contributed by atoms with Gasteiger partial charge in [-0.3, -0.25) is 9.36 Å². The summed E-state index contributed by atoms with van der Waals surface area (Å²) in [7, 11) is -4.50. The summed E-state index contributed by atoms with van der Waals surface area (Å²) in [5.41, 5.74) is 1.09. The van der Waals surface area contributed by atoms with Crippen molar-refractivity contribution >= 4 is 9.84 Å². The Hall–Kier alpha value is -4.25. The number of fused-ring (bicyclic) bond motifs is 1. The second kappa shape index (κ2) is 11.3. The zero-order chi connectivity index (χ0) is 29.3. The summed E-state index contributed by atoms with van der Waals surface area (Å²) in [6.45, 7) is 5.50. The van der Waals surface area contributed by atoms with Crippen molar-refractivity contribution in [2.75, 3.05) is 6.79 Å².